The number of anilines is 1. The van der Waals surface area contributed by atoms with Gasteiger partial charge in [-0.3, -0.25) is 4.79 Å². The average Bonchev–Trinajstić information content (AvgIpc) is 2.96. The van der Waals surface area contributed by atoms with Gasteiger partial charge in [-0.2, -0.15) is 0 Å². The van der Waals surface area contributed by atoms with Crippen LogP contribution in [0.15, 0.2) is 26.9 Å². The Morgan fingerprint density at radius 3 is 2.83 bits per heavy atom. The van der Waals surface area contributed by atoms with Crippen LogP contribution in [0.5, 0.6) is 0 Å². The Labute approximate surface area is 157 Å². The van der Waals surface area contributed by atoms with Crippen molar-refractivity contribution in [1.82, 2.24) is 10.2 Å². The quantitative estimate of drug-likeness (QED) is 0.616. The Hall–Kier alpha value is -0.470. The van der Waals surface area contributed by atoms with E-state index < -0.39 is 0 Å². The van der Waals surface area contributed by atoms with Gasteiger partial charge in [0.1, 0.15) is 0 Å². The van der Waals surface area contributed by atoms with E-state index in [4.69, 9.17) is 23.2 Å². The second-order valence-corrected chi connectivity index (χ2v) is 9.31. The summed E-state index contributed by atoms with van der Waals surface area (Å²) < 4.78 is 1.71. The molecule has 0 radical (unpaired) electrons. The van der Waals surface area contributed by atoms with Gasteiger partial charge in [-0.1, -0.05) is 65.0 Å². The largest absolute Gasteiger partial charge is 0.324 e. The number of hydrogen-bond donors (Lipinski definition) is 1. The molecule has 1 aromatic carbocycles. The molecule has 23 heavy (non-hydrogen) atoms. The molecule has 0 saturated heterocycles. The summed E-state index contributed by atoms with van der Waals surface area (Å²) in [6, 6.07) is 4.96. The molecule has 1 heterocycles. The number of carbonyl (C=O) groups is 1. The molecule has 0 bridgehead atoms. The molecule has 0 spiro atoms. The molecule has 124 valence electrons. The Morgan fingerprint density at radius 2 is 2.09 bits per heavy atom. The van der Waals surface area contributed by atoms with Crippen molar-refractivity contribution in [3.63, 3.8) is 0 Å². The first kappa shape index (κ1) is 18.9. The van der Waals surface area contributed by atoms with E-state index in [1.54, 1.807) is 30.0 Å². The summed E-state index contributed by atoms with van der Waals surface area (Å²) in [6.45, 7) is 3.94. The summed E-state index contributed by atoms with van der Waals surface area (Å²) >= 11 is 16.5. The number of carbonyl (C=O) groups excluding carboxylic acids is 1. The van der Waals surface area contributed by atoms with E-state index in [9.17, 15) is 4.79 Å². The molecule has 4 nitrogen and oxygen atoms in total. The molecular weight excluding hydrogens is 393 g/mol. The van der Waals surface area contributed by atoms with Crippen LogP contribution in [-0.2, 0) is 4.79 Å². The van der Waals surface area contributed by atoms with Gasteiger partial charge in [0.2, 0.25) is 5.91 Å². The Kier molecular flexibility index (Phi) is 7.49. The van der Waals surface area contributed by atoms with Crippen LogP contribution in [-0.4, -0.2) is 27.1 Å². The summed E-state index contributed by atoms with van der Waals surface area (Å²) in [5, 5.41) is 11.7. The number of aromatic nitrogens is 2. The van der Waals surface area contributed by atoms with Crippen molar-refractivity contribution in [2.24, 2.45) is 0 Å². The second-order valence-electron chi connectivity index (χ2n) is 4.56. The van der Waals surface area contributed by atoms with Crippen molar-refractivity contribution in [2.45, 2.75) is 34.2 Å². The molecule has 0 saturated carbocycles. The third kappa shape index (κ3) is 5.83. The summed E-state index contributed by atoms with van der Waals surface area (Å²) in [6.07, 6.45) is 1.09. The normalized spacial score (nSPS) is 12.2. The Bertz CT molecular complexity index is 681. The monoisotopic (exact) mass is 407 g/mol. The zero-order valence-electron chi connectivity index (χ0n) is 12.5. The Morgan fingerprint density at radius 1 is 1.35 bits per heavy atom. The van der Waals surface area contributed by atoms with Gasteiger partial charge in [0.25, 0.3) is 0 Å². The zero-order chi connectivity index (χ0) is 16.8. The molecule has 0 fully saturated rings. The lowest BCUT2D eigenvalue weighted by Crippen LogP contribution is -2.22. The smallest absolute Gasteiger partial charge is 0.237 e. The maximum atomic E-state index is 12.3. The first-order chi connectivity index (χ1) is 11.0. The molecule has 1 amide bonds. The lowest BCUT2D eigenvalue weighted by Gasteiger charge is -2.11. The third-order valence-electron chi connectivity index (χ3n) is 2.65. The molecule has 2 rings (SSSR count). The minimum absolute atomic E-state index is 0.155. The number of nitrogens with one attached hydrogen (secondary N) is 1. The highest BCUT2D eigenvalue weighted by molar-refractivity contribution is 8.03. The highest BCUT2D eigenvalue weighted by atomic mass is 35.5. The summed E-state index contributed by atoms with van der Waals surface area (Å²) in [7, 11) is 0. The van der Waals surface area contributed by atoms with E-state index in [-0.39, 0.29) is 11.2 Å². The fourth-order valence-electron chi connectivity index (χ4n) is 1.52. The summed E-state index contributed by atoms with van der Waals surface area (Å²) in [5.74, 6) is 0.861. The first-order valence-electron chi connectivity index (χ1n) is 6.88. The number of amides is 1. The van der Waals surface area contributed by atoms with E-state index >= 15 is 0 Å². The van der Waals surface area contributed by atoms with Gasteiger partial charge in [0.15, 0.2) is 8.68 Å². The summed E-state index contributed by atoms with van der Waals surface area (Å²) in [5.41, 5.74) is 0.507. The zero-order valence-corrected chi connectivity index (χ0v) is 16.5. The number of nitrogens with zero attached hydrogens (tertiary/aromatic N) is 2. The first-order valence-corrected chi connectivity index (χ1v) is 10.3. The second kappa shape index (κ2) is 9.13. The number of halogens is 2. The fourth-order valence-corrected chi connectivity index (χ4v) is 4.95. The predicted molar refractivity (Wildman–Crippen MR) is 101 cm³/mol. The molecule has 0 aliphatic heterocycles. The van der Waals surface area contributed by atoms with Crippen LogP contribution < -0.4 is 5.32 Å². The minimum Gasteiger partial charge on any atom is -0.324 e. The van der Waals surface area contributed by atoms with Crippen molar-refractivity contribution >= 4 is 69.7 Å². The number of hydrogen-bond acceptors (Lipinski definition) is 6. The highest BCUT2D eigenvalue weighted by Gasteiger charge is 2.18. The van der Waals surface area contributed by atoms with E-state index in [2.05, 4.69) is 22.4 Å². The molecule has 2 aromatic rings. The van der Waals surface area contributed by atoms with Gasteiger partial charge >= 0.3 is 0 Å². The lowest BCUT2D eigenvalue weighted by atomic mass is 10.3. The van der Waals surface area contributed by atoms with Gasteiger partial charge in [-0.15, -0.1) is 10.2 Å². The lowest BCUT2D eigenvalue weighted by molar-refractivity contribution is -0.115. The van der Waals surface area contributed by atoms with Crippen molar-refractivity contribution < 1.29 is 4.79 Å². The van der Waals surface area contributed by atoms with Crippen LogP contribution in [0.3, 0.4) is 0 Å². The third-order valence-corrected chi connectivity index (χ3v) is 6.66. The maximum absolute atomic E-state index is 12.3. The van der Waals surface area contributed by atoms with Gasteiger partial charge in [0.05, 0.1) is 16.0 Å². The molecule has 1 atom stereocenters. The summed E-state index contributed by atoms with van der Waals surface area (Å²) in [4.78, 5) is 12.3. The van der Waals surface area contributed by atoms with E-state index in [1.807, 2.05) is 6.92 Å². The molecular formula is C14H15Cl2N3OS3. The minimum atomic E-state index is -0.318. The van der Waals surface area contributed by atoms with E-state index in [0.29, 0.717) is 15.7 Å². The molecule has 0 aliphatic carbocycles. The van der Waals surface area contributed by atoms with Gasteiger partial charge in [-0.25, -0.2) is 0 Å². The number of rotatable bonds is 7. The van der Waals surface area contributed by atoms with E-state index in [0.717, 1.165) is 20.9 Å². The standard InChI is InChI=1S/C14H15Cl2N3OS3/c1-3-6-21-13-18-19-14(23-13)22-8(2)12(20)17-11-7-9(15)4-5-10(11)16/h4-5,7-8H,3,6H2,1-2H3,(H,17,20)/t8-/m0/s1. The van der Waals surface area contributed by atoms with Crippen LogP contribution in [0.4, 0.5) is 5.69 Å². The molecule has 1 aromatic heterocycles. The van der Waals surface area contributed by atoms with Crippen LogP contribution >= 0.6 is 58.1 Å². The van der Waals surface area contributed by atoms with Crippen LogP contribution in [0.2, 0.25) is 10.0 Å². The van der Waals surface area contributed by atoms with Crippen molar-refractivity contribution in [3.05, 3.63) is 28.2 Å². The number of thioether (sulfide) groups is 2. The van der Waals surface area contributed by atoms with Crippen molar-refractivity contribution in [2.75, 3.05) is 11.1 Å². The topological polar surface area (TPSA) is 54.9 Å². The van der Waals surface area contributed by atoms with Gasteiger partial charge in [-0.05, 0) is 31.5 Å². The van der Waals surface area contributed by atoms with Crippen LogP contribution in [0.25, 0.3) is 0 Å². The molecule has 0 aliphatic rings. The van der Waals surface area contributed by atoms with Crippen molar-refractivity contribution in [1.29, 1.82) is 0 Å². The van der Waals surface area contributed by atoms with Gasteiger partial charge < -0.3 is 5.32 Å². The van der Waals surface area contributed by atoms with Crippen LogP contribution in [0, 0.1) is 0 Å². The van der Waals surface area contributed by atoms with Crippen molar-refractivity contribution in [3.8, 4) is 0 Å². The van der Waals surface area contributed by atoms with E-state index in [1.165, 1.54) is 23.1 Å². The molecule has 1 N–H and O–H groups in total. The molecule has 0 unspecified atom stereocenters. The highest BCUT2D eigenvalue weighted by Crippen LogP contribution is 2.32. The molecule has 9 heteroatoms. The number of benzene rings is 1. The Balaban J connectivity index is 1.94. The SMILES string of the molecule is CCCSc1nnc(S[C@@H](C)C(=O)Nc2cc(Cl)ccc2Cl)s1. The maximum Gasteiger partial charge on any atom is 0.237 e. The average molecular weight is 408 g/mol. The van der Waals surface area contributed by atoms with Crippen LogP contribution in [0.1, 0.15) is 20.3 Å². The predicted octanol–water partition coefficient (Wildman–Crippen LogP) is 5.47. The fraction of sp³-hybridized carbons (Fsp3) is 0.357. The van der Waals surface area contributed by atoms with Gasteiger partial charge in [0, 0.05) is 10.8 Å².